The standard InChI is InChI=1S/C21H22F2N2O2/c1-13-3-2-8-24(21(13)27)11-16(26)12-25-19-6-4-14(22)9-17(19)18-10-15(23)5-7-20(18)25/h4-7,9-10,13,16,26H,2-3,8,11-12H2,1H3/t13-,16+/m1/s1. The lowest BCUT2D eigenvalue weighted by molar-refractivity contribution is -0.139. The molecule has 4 nitrogen and oxygen atoms in total. The Balaban J connectivity index is 1.67. The Labute approximate surface area is 156 Å². The van der Waals surface area contributed by atoms with Crippen molar-refractivity contribution in [3.63, 3.8) is 0 Å². The molecule has 1 aromatic heterocycles. The van der Waals surface area contributed by atoms with Crippen LogP contribution >= 0.6 is 0 Å². The van der Waals surface area contributed by atoms with Crippen molar-refractivity contribution in [2.45, 2.75) is 32.4 Å². The average molecular weight is 372 g/mol. The smallest absolute Gasteiger partial charge is 0.225 e. The molecule has 0 aliphatic carbocycles. The third kappa shape index (κ3) is 3.30. The first-order valence-corrected chi connectivity index (χ1v) is 9.28. The van der Waals surface area contributed by atoms with Crippen molar-refractivity contribution in [2.24, 2.45) is 5.92 Å². The maximum atomic E-state index is 13.7. The lowest BCUT2D eigenvalue weighted by Crippen LogP contribution is -2.44. The molecule has 2 aromatic carbocycles. The Kier molecular flexibility index (Phi) is 4.60. The van der Waals surface area contributed by atoms with Gasteiger partial charge in [-0.05, 0) is 49.2 Å². The SMILES string of the molecule is C[C@@H]1CCCN(C[C@H](O)Cn2c3ccc(F)cc3c3cc(F)ccc32)C1=O. The molecule has 3 aromatic rings. The maximum Gasteiger partial charge on any atom is 0.225 e. The third-order valence-corrected chi connectivity index (χ3v) is 5.41. The minimum Gasteiger partial charge on any atom is -0.389 e. The fourth-order valence-corrected chi connectivity index (χ4v) is 4.08. The molecule has 1 N–H and O–H groups in total. The van der Waals surface area contributed by atoms with Crippen LogP contribution in [0.4, 0.5) is 8.78 Å². The van der Waals surface area contributed by atoms with Gasteiger partial charge in [-0.1, -0.05) is 6.92 Å². The van der Waals surface area contributed by atoms with Crippen LogP contribution in [0.5, 0.6) is 0 Å². The van der Waals surface area contributed by atoms with E-state index in [0.29, 0.717) is 17.3 Å². The highest BCUT2D eigenvalue weighted by Gasteiger charge is 2.27. The van der Waals surface area contributed by atoms with E-state index in [4.69, 9.17) is 0 Å². The number of halogens is 2. The predicted molar refractivity (Wildman–Crippen MR) is 100 cm³/mol. The monoisotopic (exact) mass is 372 g/mol. The van der Waals surface area contributed by atoms with Gasteiger partial charge in [-0.15, -0.1) is 0 Å². The molecule has 1 aliphatic rings. The van der Waals surface area contributed by atoms with E-state index in [-0.39, 0.29) is 36.5 Å². The summed E-state index contributed by atoms with van der Waals surface area (Å²) in [6, 6.07) is 8.77. The van der Waals surface area contributed by atoms with Gasteiger partial charge in [-0.25, -0.2) is 8.78 Å². The Bertz CT molecular complexity index is 955. The fourth-order valence-electron chi connectivity index (χ4n) is 4.08. The van der Waals surface area contributed by atoms with E-state index < -0.39 is 6.10 Å². The van der Waals surface area contributed by atoms with Gasteiger partial charge in [0.15, 0.2) is 0 Å². The summed E-state index contributed by atoms with van der Waals surface area (Å²) in [7, 11) is 0. The lowest BCUT2D eigenvalue weighted by atomic mass is 9.99. The number of aliphatic hydroxyl groups excluding tert-OH is 1. The number of fused-ring (bicyclic) bond motifs is 3. The molecule has 0 radical (unpaired) electrons. The maximum absolute atomic E-state index is 13.7. The first-order chi connectivity index (χ1) is 12.9. The average Bonchev–Trinajstić information content (AvgIpc) is 2.91. The van der Waals surface area contributed by atoms with Gasteiger partial charge >= 0.3 is 0 Å². The summed E-state index contributed by atoms with van der Waals surface area (Å²) >= 11 is 0. The number of likely N-dealkylation sites (tertiary alicyclic amines) is 1. The number of aliphatic hydroxyl groups is 1. The van der Waals surface area contributed by atoms with Crippen molar-refractivity contribution >= 4 is 27.7 Å². The number of hydrogen-bond acceptors (Lipinski definition) is 2. The lowest BCUT2D eigenvalue weighted by Gasteiger charge is -2.32. The summed E-state index contributed by atoms with van der Waals surface area (Å²) in [5, 5.41) is 11.9. The number of aromatic nitrogens is 1. The highest BCUT2D eigenvalue weighted by Crippen LogP contribution is 2.30. The summed E-state index contributed by atoms with van der Waals surface area (Å²) in [6.45, 7) is 3.07. The number of nitrogens with zero attached hydrogens (tertiary/aromatic N) is 2. The van der Waals surface area contributed by atoms with Crippen LogP contribution in [0.1, 0.15) is 19.8 Å². The second-order valence-corrected chi connectivity index (χ2v) is 7.41. The first-order valence-electron chi connectivity index (χ1n) is 9.28. The van der Waals surface area contributed by atoms with Gasteiger partial charge in [0, 0.05) is 40.8 Å². The molecule has 1 amide bonds. The molecule has 2 heterocycles. The van der Waals surface area contributed by atoms with Crippen molar-refractivity contribution in [1.29, 1.82) is 0 Å². The van der Waals surface area contributed by atoms with Crippen molar-refractivity contribution in [1.82, 2.24) is 9.47 Å². The van der Waals surface area contributed by atoms with Gasteiger partial charge in [0.1, 0.15) is 11.6 Å². The number of β-amino-alcohol motifs (C(OH)–C–C–N with tert-alkyl or cyclic N) is 1. The van der Waals surface area contributed by atoms with Crippen LogP contribution in [0.2, 0.25) is 0 Å². The van der Waals surface area contributed by atoms with E-state index >= 15 is 0 Å². The Morgan fingerprint density at radius 1 is 1.07 bits per heavy atom. The summed E-state index contributed by atoms with van der Waals surface area (Å²) in [4.78, 5) is 14.0. The predicted octanol–water partition coefficient (Wildman–Crippen LogP) is 3.69. The van der Waals surface area contributed by atoms with E-state index in [1.165, 1.54) is 24.3 Å². The molecule has 0 unspecified atom stereocenters. The molecule has 27 heavy (non-hydrogen) atoms. The number of rotatable bonds is 4. The zero-order chi connectivity index (χ0) is 19.1. The number of hydrogen-bond donors (Lipinski definition) is 1. The zero-order valence-electron chi connectivity index (χ0n) is 15.2. The van der Waals surface area contributed by atoms with Crippen molar-refractivity contribution in [3.8, 4) is 0 Å². The van der Waals surface area contributed by atoms with Gasteiger partial charge in [0.2, 0.25) is 5.91 Å². The molecular formula is C21H22F2N2O2. The fraction of sp³-hybridized carbons (Fsp3) is 0.381. The number of carbonyl (C=O) groups excluding carboxylic acids is 1. The van der Waals surface area contributed by atoms with Crippen molar-refractivity contribution < 1.29 is 18.7 Å². The Morgan fingerprint density at radius 2 is 1.67 bits per heavy atom. The molecule has 0 spiro atoms. The summed E-state index contributed by atoms with van der Waals surface area (Å²) in [5.74, 6) is -0.713. The molecule has 0 saturated carbocycles. The van der Waals surface area contributed by atoms with E-state index in [1.54, 1.807) is 17.0 Å². The number of benzene rings is 2. The van der Waals surface area contributed by atoms with Crippen LogP contribution in [-0.4, -0.2) is 39.7 Å². The van der Waals surface area contributed by atoms with E-state index in [2.05, 4.69) is 0 Å². The summed E-state index contributed by atoms with van der Waals surface area (Å²) in [6.07, 6.45) is 1.05. The van der Waals surface area contributed by atoms with E-state index in [9.17, 15) is 18.7 Å². The topological polar surface area (TPSA) is 45.5 Å². The Morgan fingerprint density at radius 3 is 2.26 bits per heavy atom. The number of amides is 1. The summed E-state index contributed by atoms with van der Waals surface area (Å²) in [5.41, 5.74) is 1.46. The quantitative estimate of drug-likeness (QED) is 0.759. The van der Waals surface area contributed by atoms with Gasteiger partial charge in [0.05, 0.1) is 12.6 Å². The van der Waals surface area contributed by atoms with E-state index in [0.717, 1.165) is 23.9 Å². The van der Waals surface area contributed by atoms with Crippen molar-refractivity contribution in [3.05, 3.63) is 48.0 Å². The van der Waals surface area contributed by atoms with Crippen LogP contribution in [0.15, 0.2) is 36.4 Å². The second kappa shape index (κ2) is 6.93. The number of carbonyl (C=O) groups is 1. The molecule has 0 bridgehead atoms. The molecule has 142 valence electrons. The minimum atomic E-state index is -0.770. The molecule has 4 rings (SSSR count). The minimum absolute atomic E-state index is 0.00913. The molecule has 1 saturated heterocycles. The van der Waals surface area contributed by atoms with Gasteiger partial charge in [-0.3, -0.25) is 4.79 Å². The van der Waals surface area contributed by atoms with Crippen LogP contribution < -0.4 is 0 Å². The van der Waals surface area contributed by atoms with Crippen LogP contribution in [0.25, 0.3) is 21.8 Å². The molecule has 1 aliphatic heterocycles. The molecule has 1 fully saturated rings. The Hall–Kier alpha value is -2.47. The largest absolute Gasteiger partial charge is 0.389 e. The van der Waals surface area contributed by atoms with Gasteiger partial charge in [0.25, 0.3) is 0 Å². The van der Waals surface area contributed by atoms with E-state index in [1.807, 2.05) is 11.5 Å². The molecular weight excluding hydrogens is 350 g/mol. The van der Waals surface area contributed by atoms with Gasteiger partial charge < -0.3 is 14.6 Å². The second-order valence-electron chi connectivity index (χ2n) is 7.41. The molecule has 2 atom stereocenters. The normalized spacial score (nSPS) is 19.2. The highest BCUT2D eigenvalue weighted by atomic mass is 19.1. The number of piperidine rings is 1. The zero-order valence-corrected chi connectivity index (χ0v) is 15.2. The summed E-state index contributed by atoms with van der Waals surface area (Å²) < 4.78 is 29.3. The van der Waals surface area contributed by atoms with Crippen molar-refractivity contribution in [2.75, 3.05) is 13.1 Å². The first kappa shape index (κ1) is 17.9. The highest BCUT2D eigenvalue weighted by molar-refractivity contribution is 6.08. The third-order valence-electron chi connectivity index (χ3n) is 5.41. The van der Waals surface area contributed by atoms with Crippen LogP contribution in [-0.2, 0) is 11.3 Å². The van der Waals surface area contributed by atoms with Crippen LogP contribution in [0.3, 0.4) is 0 Å². The van der Waals surface area contributed by atoms with Gasteiger partial charge in [-0.2, -0.15) is 0 Å². The van der Waals surface area contributed by atoms with Crippen LogP contribution in [0, 0.1) is 17.6 Å². The molecule has 6 heteroatoms.